The van der Waals surface area contributed by atoms with Gasteiger partial charge in [0.2, 0.25) is 0 Å². The van der Waals surface area contributed by atoms with E-state index in [1.165, 1.54) is 65.2 Å². The number of benzene rings is 6. The van der Waals surface area contributed by atoms with E-state index < -0.39 is 0 Å². The number of pyridine rings is 1. The molecule has 4 nitrogen and oxygen atoms in total. The largest absolute Gasteiger partial charge is 0.308 e. The summed E-state index contributed by atoms with van der Waals surface area (Å²) in [6.45, 7) is 0. The van der Waals surface area contributed by atoms with Crippen molar-refractivity contribution in [3.05, 3.63) is 146 Å². The van der Waals surface area contributed by atoms with E-state index in [4.69, 9.17) is 4.98 Å². The SMILES string of the molecule is c1ccc(N(c2ccccc2)c2cccc3c4cccc5c6c7c8cccc9c%10ccccc%10n(c7ncc6n(c23)c45)c98)cc1. The Morgan fingerprint density at radius 1 is 0.400 bits per heavy atom. The number of nitrogens with zero attached hydrogens (tertiary/aromatic N) is 4. The average Bonchev–Trinajstić information content (AvgIpc) is 3.83. The van der Waals surface area contributed by atoms with Crippen molar-refractivity contribution in [1.82, 2.24) is 13.8 Å². The van der Waals surface area contributed by atoms with Crippen LogP contribution in [0.1, 0.15) is 0 Å². The first-order valence-corrected chi connectivity index (χ1v) is 15.4. The lowest BCUT2D eigenvalue weighted by Crippen LogP contribution is -2.10. The Kier molecular flexibility index (Phi) is 4.29. The third kappa shape index (κ3) is 2.80. The zero-order valence-corrected chi connectivity index (χ0v) is 24.1. The maximum atomic E-state index is 5.27. The normalized spacial score (nSPS) is 12.4. The molecule has 0 fully saturated rings. The zero-order valence-electron chi connectivity index (χ0n) is 24.1. The molecule has 0 N–H and O–H groups in total. The number of aromatic nitrogens is 3. The molecule has 0 saturated heterocycles. The van der Waals surface area contributed by atoms with Crippen molar-refractivity contribution in [3.8, 4) is 0 Å². The van der Waals surface area contributed by atoms with Gasteiger partial charge in [0, 0.05) is 54.5 Å². The molecule has 11 aromatic rings. The molecule has 0 aliphatic carbocycles. The van der Waals surface area contributed by atoms with Gasteiger partial charge in [-0.15, -0.1) is 0 Å². The smallest absolute Gasteiger partial charge is 0.146 e. The Morgan fingerprint density at radius 2 is 0.933 bits per heavy atom. The van der Waals surface area contributed by atoms with Gasteiger partial charge in [-0.25, -0.2) is 4.98 Å². The highest BCUT2D eigenvalue weighted by molar-refractivity contribution is 6.35. The number of para-hydroxylation sites is 6. The predicted molar refractivity (Wildman–Crippen MR) is 188 cm³/mol. The molecule has 11 rings (SSSR count). The van der Waals surface area contributed by atoms with Crippen molar-refractivity contribution >= 4 is 93.4 Å². The van der Waals surface area contributed by atoms with E-state index in [1.807, 2.05) is 0 Å². The molecule has 0 radical (unpaired) electrons. The van der Waals surface area contributed by atoms with Crippen LogP contribution in [0.3, 0.4) is 0 Å². The number of hydrogen-bond acceptors (Lipinski definition) is 2. The van der Waals surface area contributed by atoms with Crippen molar-refractivity contribution in [2.45, 2.75) is 0 Å². The van der Waals surface area contributed by atoms with E-state index in [0.717, 1.165) is 28.2 Å². The van der Waals surface area contributed by atoms with Gasteiger partial charge in [0.25, 0.3) is 0 Å². The molecule has 5 heterocycles. The van der Waals surface area contributed by atoms with E-state index in [1.54, 1.807) is 0 Å². The number of anilines is 3. The highest BCUT2D eigenvalue weighted by Gasteiger charge is 2.26. The molecule has 6 aromatic carbocycles. The zero-order chi connectivity index (χ0) is 29.2. The molecule has 45 heavy (non-hydrogen) atoms. The van der Waals surface area contributed by atoms with Gasteiger partial charge in [0.15, 0.2) is 0 Å². The molecule has 0 aliphatic heterocycles. The lowest BCUT2D eigenvalue weighted by Gasteiger charge is -2.26. The minimum atomic E-state index is 1.02. The van der Waals surface area contributed by atoms with Gasteiger partial charge in [0.1, 0.15) is 5.65 Å². The second-order valence-electron chi connectivity index (χ2n) is 12.0. The molecule has 0 saturated carbocycles. The maximum absolute atomic E-state index is 5.27. The van der Waals surface area contributed by atoms with Crippen molar-refractivity contribution in [2.75, 3.05) is 4.90 Å². The van der Waals surface area contributed by atoms with Crippen molar-refractivity contribution in [2.24, 2.45) is 0 Å². The van der Waals surface area contributed by atoms with E-state index in [2.05, 4.69) is 159 Å². The van der Waals surface area contributed by atoms with Gasteiger partial charge >= 0.3 is 0 Å². The summed E-state index contributed by atoms with van der Waals surface area (Å²) in [5, 5.41) is 10.1. The predicted octanol–water partition coefficient (Wildman–Crippen LogP) is 10.9. The molecule has 0 aliphatic rings. The van der Waals surface area contributed by atoms with Gasteiger partial charge in [-0.3, -0.25) is 4.40 Å². The topological polar surface area (TPSA) is 24.9 Å². The van der Waals surface area contributed by atoms with E-state index in [-0.39, 0.29) is 0 Å². The first kappa shape index (κ1) is 23.3. The Balaban J connectivity index is 1.35. The van der Waals surface area contributed by atoms with Crippen molar-refractivity contribution < 1.29 is 0 Å². The molecule has 0 bridgehead atoms. The molecular weight excluding hydrogens is 548 g/mol. The second-order valence-corrected chi connectivity index (χ2v) is 12.0. The number of hydrogen-bond donors (Lipinski definition) is 0. The third-order valence-electron chi connectivity index (χ3n) is 9.78. The first-order valence-electron chi connectivity index (χ1n) is 15.4. The summed E-state index contributed by atoms with van der Waals surface area (Å²) in [5.74, 6) is 0. The van der Waals surface area contributed by atoms with Crippen LogP contribution in [0, 0.1) is 0 Å². The number of fused-ring (bicyclic) bond motifs is 13. The second kappa shape index (κ2) is 8.28. The summed E-state index contributed by atoms with van der Waals surface area (Å²) in [4.78, 5) is 7.65. The van der Waals surface area contributed by atoms with Crippen LogP contribution in [0.15, 0.2) is 146 Å². The third-order valence-corrected chi connectivity index (χ3v) is 9.78. The van der Waals surface area contributed by atoms with Crippen LogP contribution >= 0.6 is 0 Å². The molecular formula is C41H24N4. The van der Waals surface area contributed by atoms with Gasteiger partial charge in [0.05, 0.1) is 39.5 Å². The molecule has 0 spiro atoms. The van der Waals surface area contributed by atoms with Crippen molar-refractivity contribution in [1.29, 1.82) is 0 Å². The van der Waals surface area contributed by atoms with Crippen LogP contribution in [0.5, 0.6) is 0 Å². The molecule has 5 aromatic heterocycles. The molecule has 4 heteroatoms. The minimum Gasteiger partial charge on any atom is -0.308 e. The molecule has 0 amide bonds. The standard InChI is InChI=1S/C41H24N4/c1-3-12-25(13-4-1)43(26-14-5-2-6-15-26)34-23-11-19-30-29-18-10-20-31-36-35(44(38(29)31)40(30)34)24-42-41-37(36)32-21-9-17-28-27-16-7-8-22-33(27)45(41)39(28)32/h1-24H. The Morgan fingerprint density at radius 3 is 1.67 bits per heavy atom. The summed E-state index contributed by atoms with van der Waals surface area (Å²) in [6.07, 6.45) is 2.10. The minimum absolute atomic E-state index is 1.02. The quantitative estimate of drug-likeness (QED) is 0.210. The van der Waals surface area contributed by atoms with Crippen molar-refractivity contribution in [3.63, 3.8) is 0 Å². The maximum Gasteiger partial charge on any atom is 0.146 e. The van der Waals surface area contributed by atoms with Gasteiger partial charge in [-0.05, 0) is 36.4 Å². The summed E-state index contributed by atoms with van der Waals surface area (Å²) < 4.78 is 4.85. The van der Waals surface area contributed by atoms with Gasteiger partial charge in [-0.1, -0.05) is 103 Å². The van der Waals surface area contributed by atoms with Crippen LogP contribution in [0.2, 0.25) is 0 Å². The van der Waals surface area contributed by atoms with Crippen LogP contribution in [-0.2, 0) is 0 Å². The summed E-state index contributed by atoms with van der Waals surface area (Å²) in [7, 11) is 0. The highest BCUT2D eigenvalue weighted by Crippen LogP contribution is 2.48. The monoisotopic (exact) mass is 572 g/mol. The fourth-order valence-electron chi connectivity index (χ4n) is 8.10. The molecule has 208 valence electrons. The Labute approximate surface area is 257 Å². The van der Waals surface area contributed by atoms with Crippen LogP contribution in [0.25, 0.3) is 76.3 Å². The van der Waals surface area contributed by atoms with Crippen LogP contribution < -0.4 is 4.90 Å². The Bertz CT molecular complexity index is 2880. The fraction of sp³-hybridized carbons (Fsp3) is 0. The number of rotatable bonds is 3. The Hall–Kier alpha value is -6.13. The molecule has 0 unspecified atom stereocenters. The summed E-state index contributed by atoms with van der Waals surface area (Å²) in [6, 6.07) is 50.2. The fourth-order valence-corrected chi connectivity index (χ4v) is 8.10. The van der Waals surface area contributed by atoms with E-state index in [0.29, 0.717) is 0 Å². The van der Waals surface area contributed by atoms with Crippen LogP contribution in [0.4, 0.5) is 17.1 Å². The lowest BCUT2D eigenvalue weighted by atomic mass is 10.0. The summed E-state index contributed by atoms with van der Waals surface area (Å²) >= 11 is 0. The van der Waals surface area contributed by atoms with E-state index >= 15 is 0 Å². The van der Waals surface area contributed by atoms with Crippen LogP contribution in [-0.4, -0.2) is 13.8 Å². The van der Waals surface area contributed by atoms with Gasteiger partial charge in [-0.2, -0.15) is 0 Å². The lowest BCUT2D eigenvalue weighted by molar-refractivity contribution is 1.25. The molecule has 0 atom stereocenters. The highest BCUT2D eigenvalue weighted by atomic mass is 15.2. The van der Waals surface area contributed by atoms with Gasteiger partial charge < -0.3 is 9.30 Å². The van der Waals surface area contributed by atoms with E-state index in [9.17, 15) is 0 Å². The summed E-state index contributed by atoms with van der Waals surface area (Å²) in [5.41, 5.74) is 10.4. The average molecular weight is 573 g/mol. The first-order chi connectivity index (χ1) is 22.4.